The fourth-order valence-corrected chi connectivity index (χ4v) is 5.72. The first-order valence-corrected chi connectivity index (χ1v) is 9.69. The quantitative estimate of drug-likeness (QED) is 0.852. The van der Waals surface area contributed by atoms with E-state index < -0.39 is 20.8 Å². The lowest BCUT2D eigenvalue weighted by Crippen LogP contribution is -2.35. The highest BCUT2D eigenvalue weighted by Crippen LogP contribution is 2.34. The van der Waals surface area contributed by atoms with E-state index in [1.54, 1.807) is 6.92 Å². The third-order valence-electron chi connectivity index (χ3n) is 1.73. The molecule has 1 rings (SSSR count). The maximum Gasteiger partial charge on any atom is 0.250 e. The van der Waals surface area contributed by atoms with Crippen LogP contribution in [0.4, 0.5) is 0 Å². The zero-order valence-corrected chi connectivity index (χ0v) is 13.9. The van der Waals surface area contributed by atoms with Gasteiger partial charge in [-0.05, 0) is 28.9 Å². The normalized spacial score (nSPS) is 15.8. The molecule has 1 heterocycles. The molecule has 0 saturated carbocycles. The van der Waals surface area contributed by atoms with Crippen LogP contribution in [-0.4, -0.2) is 30.7 Å². The van der Waals surface area contributed by atoms with Crippen LogP contribution in [0.1, 0.15) is 6.92 Å². The molecule has 1 aromatic rings. The van der Waals surface area contributed by atoms with Gasteiger partial charge in [0.2, 0.25) is 10.0 Å². The van der Waals surface area contributed by atoms with E-state index in [2.05, 4.69) is 20.7 Å². The van der Waals surface area contributed by atoms with Crippen molar-refractivity contribution < 1.29 is 12.6 Å². The van der Waals surface area contributed by atoms with E-state index in [-0.39, 0.29) is 16.0 Å². The summed E-state index contributed by atoms with van der Waals surface area (Å²) < 4.78 is 38.0. The predicted molar refractivity (Wildman–Crippen MR) is 75.7 cm³/mol. The molecule has 98 valence electrons. The van der Waals surface area contributed by atoms with Crippen LogP contribution in [0.3, 0.4) is 0 Å². The van der Waals surface area contributed by atoms with Crippen LogP contribution < -0.4 is 4.72 Å². The van der Waals surface area contributed by atoms with Gasteiger partial charge >= 0.3 is 0 Å². The highest BCUT2D eigenvalue weighted by atomic mass is 79.9. The van der Waals surface area contributed by atoms with Crippen molar-refractivity contribution in [3.8, 4) is 0 Å². The molecule has 1 N–H and O–H groups in total. The van der Waals surface area contributed by atoms with Crippen molar-refractivity contribution in [1.29, 1.82) is 0 Å². The summed E-state index contributed by atoms with van der Waals surface area (Å²) in [5.41, 5.74) is 0. The molecule has 2 atom stereocenters. The van der Waals surface area contributed by atoms with Gasteiger partial charge in [0.15, 0.2) is 0 Å². The average Bonchev–Trinajstić information content (AvgIpc) is 2.44. The lowest BCUT2D eigenvalue weighted by molar-refractivity contribution is 0.572. The summed E-state index contributed by atoms with van der Waals surface area (Å²) in [6.45, 7) is 1.67. The van der Waals surface area contributed by atoms with Crippen molar-refractivity contribution in [1.82, 2.24) is 4.72 Å². The van der Waals surface area contributed by atoms with Crippen LogP contribution in [0.25, 0.3) is 0 Å². The molecule has 4 nitrogen and oxygen atoms in total. The van der Waals surface area contributed by atoms with Crippen LogP contribution in [-0.2, 0) is 20.8 Å². The number of hydrogen-bond donors (Lipinski definition) is 1. The Morgan fingerprint density at radius 1 is 1.65 bits per heavy atom. The first-order valence-electron chi connectivity index (χ1n) is 4.49. The first kappa shape index (κ1) is 15.6. The molecule has 0 fully saturated rings. The first-order chi connectivity index (χ1) is 7.72. The monoisotopic (exact) mass is 379 g/mol. The Morgan fingerprint density at radius 2 is 2.24 bits per heavy atom. The second kappa shape index (κ2) is 6.12. The fourth-order valence-electron chi connectivity index (χ4n) is 1.17. The van der Waals surface area contributed by atoms with Gasteiger partial charge in [-0.2, -0.15) is 0 Å². The van der Waals surface area contributed by atoms with Crippen molar-refractivity contribution in [3.05, 3.63) is 14.9 Å². The van der Waals surface area contributed by atoms with Crippen molar-refractivity contribution >= 4 is 59.7 Å². The summed E-state index contributed by atoms with van der Waals surface area (Å²) in [4.78, 5) is 0. The van der Waals surface area contributed by atoms with E-state index in [0.717, 1.165) is 11.3 Å². The predicted octanol–water partition coefficient (Wildman–Crippen LogP) is 2.21. The minimum atomic E-state index is -3.59. The minimum absolute atomic E-state index is 0.142. The Hall–Kier alpha value is 0.530. The van der Waals surface area contributed by atoms with Crippen molar-refractivity contribution in [2.75, 3.05) is 12.0 Å². The average molecular weight is 381 g/mol. The summed E-state index contributed by atoms with van der Waals surface area (Å²) in [5.74, 6) is 0.277. The van der Waals surface area contributed by atoms with Gasteiger partial charge < -0.3 is 0 Å². The van der Waals surface area contributed by atoms with Crippen molar-refractivity contribution in [2.24, 2.45) is 0 Å². The molecular formula is C8H11BrClNO3S3. The molecular weight excluding hydrogens is 370 g/mol. The van der Waals surface area contributed by atoms with Crippen molar-refractivity contribution in [2.45, 2.75) is 17.2 Å². The van der Waals surface area contributed by atoms with Gasteiger partial charge in [0.1, 0.15) is 4.21 Å². The van der Waals surface area contributed by atoms with Crippen LogP contribution in [0, 0.1) is 0 Å². The summed E-state index contributed by atoms with van der Waals surface area (Å²) in [7, 11) is -4.63. The topological polar surface area (TPSA) is 63.2 Å². The number of hydrogen-bond acceptors (Lipinski definition) is 4. The zero-order valence-electron chi connectivity index (χ0n) is 9.07. The van der Waals surface area contributed by atoms with Gasteiger partial charge in [-0.3, -0.25) is 4.21 Å². The molecule has 0 aromatic carbocycles. The minimum Gasteiger partial charge on any atom is -0.260 e. The van der Waals surface area contributed by atoms with Gasteiger partial charge in [0.25, 0.3) is 0 Å². The third kappa shape index (κ3) is 4.60. The van der Waals surface area contributed by atoms with Crippen LogP contribution in [0.15, 0.2) is 14.1 Å². The largest absolute Gasteiger partial charge is 0.260 e. The number of rotatable bonds is 5. The molecule has 2 unspecified atom stereocenters. The Morgan fingerprint density at radius 3 is 2.65 bits per heavy atom. The molecule has 0 aliphatic heterocycles. The van der Waals surface area contributed by atoms with Crippen LogP contribution in [0.2, 0.25) is 5.02 Å². The third-order valence-corrected chi connectivity index (χ3v) is 7.24. The Bertz CT molecular complexity index is 509. The molecule has 9 heteroatoms. The lowest BCUT2D eigenvalue weighted by atomic mass is 10.4. The van der Waals surface area contributed by atoms with E-state index in [9.17, 15) is 12.6 Å². The maximum atomic E-state index is 11.9. The van der Waals surface area contributed by atoms with E-state index in [1.807, 2.05) is 0 Å². The van der Waals surface area contributed by atoms with Gasteiger partial charge in [-0.25, -0.2) is 13.1 Å². The SMILES string of the molecule is CC(CS(C)=O)NS(=O)(=O)c1cc(Cl)c(Br)s1. The zero-order chi connectivity index (χ0) is 13.2. The standard InChI is InChI=1S/C8H11BrClNO3S3/c1-5(4-16(2)12)11-17(13,14)7-3-6(10)8(9)15-7/h3,5,11H,4H2,1-2H3. The summed E-state index contributed by atoms with van der Waals surface area (Å²) in [6.07, 6.45) is 1.53. The van der Waals surface area contributed by atoms with Crippen LogP contribution >= 0.6 is 38.9 Å². The molecule has 0 spiro atoms. The molecule has 17 heavy (non-hydrogen) atoms. The molecule has 0 radical (unpaired) electrons. The number of nitrogens with one attached hydrogen (secondary N) is 1. The van der Waals surface area contributed by atoms with E-state index in [1.165, 1.54) is 12.3 Å². The van der Waals surface area contributed by atoms with E-state index >= 15 is 0 Å². The van der Waals surface area contributed by atoms with Gasteiger partial charge in [0.05, 0.1) is 8.81 Å². The highest BCUT2D eigenvalue weighted by Gasteiger charge is 2.21. The van der Waals surface area contributed by atoms with Gasteiger partial charge in [-0.15, -0.1) is 11.3 Å². The highest BCUT2D eigenvalue weighted by molar-refractivity contribution is 9.11. The summed E-state index contributed by atoms with van der Waals surface area (Å²) in [5, 5.41) is 0.363. The molecule has 1 aromatic heterocycles. The Labute approximate surface area is 120 Å². The lowest BCUT2D eigenvalue weighted by Gasteiger charge is -2.11. The van der Waals surface area contributed by atoms with E-state index in [0.29, 0.717) is 8.81 Å². The van der Waals surface area contributed by atoms with Crippen molar-refractivity contribution in [3.63, 3.8) is 0 Å². The molecule has 0 aliphatic carbocycles. The molecule has 0 amide bonds. The number of halogens is 2. The number of thiophene rings is 1. The smallest absolute Gasteiger partial charge is 0.250 e. The Balaban J connectivity index is 2.85. The second-order valence-corrected chi connectivity index (χ2v) is 9.65. The summed E-state index contributed by atoms with van der Waals surface area (Å²) >= 11 is 9.98. The fraction of sp³-hybridized carbons (Fsp3) is 0.500. The van der Waals surface area contributed by atoms with Crippen LogP contribution in [0.5, 0.6) is 0 Å². The number of sulfonamides is 1. The molecule has 0 aliphatic rings. The summed E-state index contributed by atoms with van der Waals surface area (Å²) in [6, 6.07) is 0.999. The van der Waals surface area contributed by atoms with E-state index in [4.69, 9.17) is 11.6 Å². The molecule has 0 saturated heterocycles. The van der Waals surface area contributed by atoms with Gasteiger partial charge in [-0.1, -0.05) is 11.6 Å². The maximum absolute atomic E-state index is 11.9. The van der Waals surface area contributed by atoms with Gasteiger partial charge in [0, 0.05) is 28.9 Å². The Kier molecular flexibility index (Phi) is 5.61. The molecule has 0 bridgehead atoms. The second-order valence-electron chi connectivity index (χ2n) is 3.45.